The molecule has 3 heteroatoms. The van der Waals surface area contributed by atoms with Crippen LogP contribution in [0.25, 0.3) is 0 Å². The molecule has 84 valence electrons. The number of hydrogen-bond donors (Lipinski definition) is 0. The average Bonchev–Trinajstić information content (AvgIpc) is 2.72. The lowest BCUT2D eigenvalue weighted by Gasteiger charge is -2.25. The maximum atomic E-state index is 4.26. The van der Waals surface area contributed by atoms with E-state index in [2.05, 4.69) is 30.0 Å². The van der Waals surface area contributed by atoms with Crippen molar-refractivity contribution in [2.45, 2.75) is 32.7 Å². The highest BCUT2D eigenvalue weighted by molar-refractivity contribution is 5.12. The molecule has 1 aromatic rings. The van der Waals surface area contributed by atoms with Crippen LogP contribution in [0.15, 0.2) is 12.4 Å². The molecule has 1 aliphatic heterocycles. The van der Waals surface area contributed by atoms with E-state index in [1.54, 1.807) is 0 Å². The third-order valence-corrected chi connectivity index (χ3v) is 3.07. The first-order chi connectivity index (χ1) is 7.16. The average molecular weight is 207 g/mol. The molecule has 1 atom stereocenters. The van der Waals surface area contributed by atoms with E-state index in [1.165, 1.54) is 31.5 Å². The molecule has 2 heterocycles. The van der Waals surface area contributed by atoms with Gasteiger partial charge in [0, 0.05) is 31.4 Å². The lowest BCUT2D eigenvalue weighted by molar-refractivity contribution is 0.229. The van der Waals surface area contributed by atoms with Crippen LogP contribution < -0.4 is 0 Å². The van der Waals surface area contributed by atoms with Crippen LogP contribution in [0.2, 0.25) is 0 Å². The zero-order valence-corrected chi connectivity index (χ0v) is 9.98. The van der Waals surface area contributed by atoms with Crippen molar-refractivity contribution in [1.82, 2.24) is 14.7 Å². The molecular weight excluding hydrogens is 186 g/mol. The minimum atomic E-state index is 0.612. The maximum absolute atomic E-state index is 4.26. The van der Waals surface area contributed by atoms with Crippen molar-refractivity contribution in [2.24, 2.45) is 13.0 Å². The van der Waals surface area contributed by atoms with Crippen molar-refractivity contribution < 1.29 is 0 Å². The third-order valence-electron chi connectivity index (χ3n) is 3.07. The maximum Gasteiger partial charge on any atom is 0.0537 e. The second kappa shape index (κ2) is 4.35. The van der Waals surface area contributed by atoms with Crippen molar-refractivity contribution in [1.29, 1.82) is 0 Å². The molecule has 0 bridgehead atoms. The lowest BCUT2D eigenvalue weighted by Crippen LogP contribution is -2.27. The zero-order valence-electron chi connectivity index (χ0n) is 9.98. The van der Waals surface area contributed by atoms with E-state index in [0.29, 0.717) is 6.04 Å². The smallest absolute Gasteiger partial charge is 0.0537 e. The van der Waals surface area contributed by atoms with Crippen molar-refractivity contribution in [3.63, 3.8) is 0 Å². The van der Waals surface area contributed by atoms with E-state index in [1.807, 2.05) is 17.9 Å². The summed E-state index contributed by atoms with van der Waals surface area (Å²) in [5, 5.41) is 4.26. The van der Waals surface area contributed by atoms with E-state index < -0.39 is 0 Å². The fourth-order valence-corrected chi connectivity index (χ4v) is 2.50. The van der Waals surface area contributed by atoms with Gasteiger partial charge >= 0.3 is 0 Å². The van der Waals surface area contributed by atoms with Crippen LogP contribution in [0.3, 0.4) is 0 Å². The summed E-state index contributed by atoms with van der Waals surface area (Å²) in [6, 6.07) is 0.612. The van der Waals surface area contributed by atoms with E-state index in [-0.39, 0.29) is 0 Å². The zero-order chi connectivity index (χ0) is 10.8. The normalized spacial score (nSPS) is 22.8. The van der Waals surface area contributed by atoms with E-state index in [4.69, 9.17) is 0 Å². The number of nitrogens with zero attached hydrogens (tertiary/aromatic N) is 3. The predicted molar refractivity (Wildman–Crippen MR) is 61.6 cm³/mol. The Morgan fingerprint density at radius 3 is 2.93 bits per heavy atom. The number of rotatable bonds is 3. The molecule has 0 saturated carbocycles. The van der Waals surface area contributed by atoms with Gasteiger partial charge in [-0.25, -0.2) is 0 Å². The summed E-state index contributed by atoms with van der Waals surface area (Å²) in [5.74, 6) is 0.752. The van der Waals surface area contributed by atoms with Gasteiger partial charge in [0.2, 0.25) is 0 Å². The van der Waals surface area contributed by atoms with Gasteiger partial charge < -0.3 is 0 Å². The van der Waals surface area contributed by atoms with Crippen LogP contribution in [-0.4, -0.2) is 27.8 Å². The fourth-order valence-electron chi connectivity index (χ4n) is 2.50. The summed E-state index contributed by atoms with van der Waals surface area (Å²) in [4.78, 5) is 2.60. The monoisotopic (exact) mass is 207 g/mol. The largest absolute Gasteiger partial charge is 0.296 e. The van der Waals surface area contributed by atoms with E-state index in [0.717, 1.165) is 5.92 Å². The molecule has 1 aromatic heterocycles. The molecule has 2 rings (SSSR count). The van der Waals surface area contributed by atoms with Gasteiger partial charge in [-0.05, 0) is 25.3 Å². The Balaban J connectivity index is 2.07. The summed E-state index contributed by atoms with van der Waals surface area (Å²) < 4.78 is 1.90. The predicted octanol–water partition coefficient (Wildman–Crippen LogP) is 2.21. The first-order valence-electron chi connectivity index (χ1n) is 5.89. The van der Waals surface area contributed by atoms with Crippen LogP contribution in [0.4, 0.5) is 0 Å². The van der Waals surface area contributed by atoms with Crippen LogP contribution in [-0.2, 0) is 7.05 Å². The van der Waals surface area contributed by atoms with Crippen LogP contribution in [0, 0.1) is 5.92 Å². The van der Waals surface area contributed by atoms with Crippen LogP contribution in [0.1, 0.15) is 38.3 Å². The van der Waals surface area contributed by atoms with Crippen molar-refractivity contribution in [2.75, 3.05) is 13.1 Å². The number of aromatic nitrogens is 2. The van der Waals surface area contributed by atoms with Gasteiger partial charge in [-0.3, -0.25) is 9.58 Å². The highest BCUT2D eigenvalue weighted by Gasteiger charge is 2.26. The van der Waals surface area contributed by atoms with Gasteiger partial charge in [-0.1, -0.05) is 13.8 Å². The first kappa shape index (κ1) is 10.7. The minimum Gasteiger partial charge on any atom is -0.296 e. The van der Waals surface area contributed by atoms with Crippen LogP contribution in [0.5, 0.6) is 0 Å². The second-order valence-corrected chi connectivity index (χ2v) is 4.99. The Labute approximate surface area is 92.1 Å². The summed E-state index contributed by atoms with van der Waals surface area (Å²) in [7, 11) is 1.99. The SMILES string of the molecule is CC(C)CN1CCC[C@H]1c1cnn(C)c1. The molecule has 15 heavy (non-hydrogen) atoms. The van der Waals surface area contributed by atoms with Gasteiger partial charge in [0.1, 0.15) is 0 Å². The fraction of sp³-hybridized carbons (Fsp3) is 0.750. The molecule has 1 saturated heterocycles. The molecule has 0 aliphatic carbocycles. The molecule has 0 aromatic carbocycles. The molecule has 0 amide bonds. The van der Waals surface area contributed by atoms with Crippen LogP contribution >= 0.6 is 0 Å². The van der Waals surface area contributed by atoms with Gasteiger partial charge in [-0.2, -0.15) is 5.10 Å². The summed E-state index contributed by atoms with van der Waals surface area (Å²) in [6.45, 7) is 7.04. The lowest BCUT2D eigenvalue weighted by atomic mass is 10.1. The summed E-state index contributed by atoms with van der Waals surface area (Å²) in [6.07, 6.45) is 6.79. The molecule has 3 nitrogen and oxygen atoms in total. The molecule has 0 spiro atoms. The van der Waals surface area contributed by atoms with Gasteiger partial charge in [-0.15, -0.1) is 0 Å². The Bertz CT molecular complexity index is 316. The van der Waals surface area contributed by atoms with Gasteiger partial charge in [0.05, 0.1) is 6.20 Å². The van der Waals surface area contributed by atoms with Crippen molar-refractivity contribution >= 4 is 0 Å². The Kier molecular flexibility index (Phi) is 3.10. The van der Waals surface area contributed by atoms with Gasteiger partial charge in [0.15, 0.2) is 0 Å². The molecular formula is C12H21N3. The molecule has 0 N–H and O–H groups in total. The topological polar surface area (TPSA) is 21.1 Å². The molecule has 0 unspecified atom stereocenters. The van der Waals surface area contributed by atoms with E-state index in [9.17, 15) is 0 Å². The molecule has 1 fully saturated rings. The second-order valence-electron chi connectivity index (χ2n) is 4.99. The number of aryl methyl sites for hydroxylation is 1. The Hall–Kier alpha value is -0.830. The summed E-state index contributed by atoms with van der Waals surface area (Å²) in [5.41, 5.74) is 1.38. The molecule has 1 aliphatic rings. The quantitative estimate of drug-likeness (QED) is 0.757. The Morgan fingerprint density at radius 1 is 1.53 bits per heavy atom. The first-order valence-corrected chi connectivity index (χ1v) is 5.89. The van der Waals surface area contributed by atoms with Gasteiger partial charge in [0.25, 0.3) is 0 Å². The third kappa shape index (κ3) is 2.40. The van der Waals surface area contributed by atoms with Crippen molar-refractivity contribution in [3.8, 4) is 0 Å². The van der Waals surface area contributed by atoms with Crippen molar-refractivity contribution in [3.05, 3.63) is 18.0 Å². The minimum absolute atomic E-state index is 0.612. The van der Waals surface area contributed by atoms with E-state index >= 15 is 0 Å². The number of hydrogen-bond acceptors (Lipinski definition) is 2. The molecule has 0 radical (unpaired) electrons. The highest BCUT2D eigenvalue weighted by Crippen LogP contribution is 2.31. The Morgan fingerprint density at radius 2 is 2.33 bits per heavy atom. The highest BCUT2D eigenvalue weighted by atomic mass is 15.3. The standard InChI is InChI=1S/C12H21N3/c1-10(2)8-15-6-4-5-12(15)11-7-13-14(3)9-11/h7,9-10,12H,4-6,8H2,1-3H3/t12-/m0/s1. The summed E-state index contributed by atoms with van der Waals surface area (Å²) >= 11 is 0. The number of likely N-dealkylation sites (tertiary alicyclic amines) is 1.